The number of aryl methyl sites for hydroxylation is 1. The van der Waals surface area contributed by atoms with E-state index < -0.39 is 23.4 Å². The van der Waals surface area contributed by atoms with Gasteiger partial charge in [-0.3, -0.25) is 0 Å². The number of nitrogens with one attached hydrogen (secondary N) is 1. The van der Waals surface area contributed by atoms with Gasteiger partial charge >= 0.3 is 5.97 Å². The Kier molecular flexibility index (Phi) is 3.75. The van der Waals surface area contributed by atoms with Gasteiger partial charge in [-0.2, -0.15) is 0 Å². The summed E-state index contributed by atoms with van der Waals surface area (Å²) in [6.07, 6.45) is 0. The van der Waals surface area contributed by atoms with Gasteiger partial charge in [0.15, 0.2) is 0 Å². The smallest absolute Gasteiger partial charge is 0.337 e. The van der Waals surface area contributed by atoms with Gasteiger partial charge in [0.1, 0.15) is 17.5 Å². The Hall–Kier alpha value is -2.70. The first kappa shape index (κ1) is 14.7. The second-order valence-corrected chi connectivity index (χ2v) is 4.43. The van der Waals surface area contributed by atoms with Gasteiger partial charge in [-0.15, -0.1) is 0 Å². The highest BCUT2D eigenvalue weighted by atomic mass is 19.1. The molecule has 4 nitrogen and oxygen atoms in total. The molecule has 0 aliphatic carbocycles. The Morgan fingerprint density at radius 2 is 1.62 bits per heavy atom. The Balaban J connectivity index is 2.47. The fourth-order valence-electron chi connectivity index (χ4n) is 1.76. The Labute approximate surface area is 118 Å². The SMILES string of the molecule is Cc1cc(F)c(Nc2cc(C(=O)O)c(N)cc2F)cc1F. The van der Waals surface area contributed by atoms with Crippen LogP contribution in [0.4, 0.5) is 30.2 Å². The maximum absolute atomic E-state index is 13.7. The molecule has 0 unspecified atom stereocenters. The van der Waals surface area contributed by atoms with Crippen molar-refractivity contribution in [3.05, 3.63) is 52.8 Å². The van der Waals surface area contributed by atoms with Crippen molar-refractivity contribution in [1.82, 2.24) is 0 Å². The molecule has 21 heavy (non-hydrogen) atoms. The van der Waals surface area contributed by atoms with Crippen LogP contribution in [0.25, 0.3) is 0 Å². The summed E-state index contributed by atoms with van der Waals surface area (Å²) in [5.41, 5.74) is 4.25. The second kappa shape index (κ2) is 5.35. The predicted octanol–water partition coefficient (Wildman–Crippen LogP) is 3.44. The van der Waals surface area contributed by atoms with Crippen molar-refractivity contribution < 1.29 is 23.1 Å². The van der Waals surface area contributed by atoms with Crippen LogP contribution in [0, 0.1) is 24.4 Å². The number of carbonyl (C=O) groups is 1. The topological polar surface area (TPSA) is 75.3 Å². The fourth-order valence-corrected chi connectivity index (χ4v) is 1.76. The lowest BCUT2D eigenvalue weighted by Crippen LogP contribution is -2.06. The van der Waals surface area contributed by atoms with E-state index >= 15 is 0 Å². The summed E-state index contributed by atoms with van der Waals surface area (Å²) in [6.45, 7) is 1.38. The minimum Gasteiger partial charge on any atom is -0.478 e. The standard InChI is InChI=1S/C14H11F3N2O2/c1-6-2-9(16)13(5-8(6)15)19-12-3-7(14(20)21)11(18)4-10(12)17/h2-5,19H,18H2,1H3,(H,20,21). The molecule has 0 heterocycles. The third kappa shape index (κ3) is 2.91. The number of benzene rings is 2. The molecule has 0 fully saturated rings. The number of aromatic carboxylic acids is 1. The normalized spacial score (nSPS) is 10.5. The van der Waals surface area contributed by atoms with Gasteiger partial charge in [0.05, 0.1) is 16.9 Å². The van der Waals surface area contributed by atoms with E-state index in [-0.39, 0.29) is 28.2 Å². The second-order valence-electron chi connectivity index (χ2n) is 4.43. The molecule has 0 saturated carbocycles. The Morgan fingerprint density at radius 1 is 1.05 bits per heavy atom. The number of nitrogen functional groups attached to an aromatic ring is 1. The van der Waals surface area contributed by atoms with Crippen LogP contribution < -0.4 is 11.1 Å². The van der Waals surface area contributed by atoms with Crippen LogP contribution in [0.5, 0.6) is 0 Å². The molecule has 0 spiro atoms. The highest BCUT2D eigenvalue weighted by Crippen LogP contribution is 2.28. The number of hydrogen-bond donors (Lipinski definition) is 3. The zero-order valence-electron chi connectivity index (χ0n) is 10.9. The summed E-state index contributed by atoms with van der Waals surface area (Å²) < 4.78 is 40.9. The molecule has 2 rings (SSSR count). The maximum Gasteiger partial charge on any atom is 0.337 e. The number of halogens is 3. The summed E-state index contributed by atoms with van der Waals surface area (Å²) in [4.78, 5) is 10.9. The molecule has 4 N–H and O–H groups in total. The van der Waals surface area contributed by atoms with E-state index in [0.29, 0.717) is 0 Å². The average Bonchev–Trinajstić information content (AvgIpc) is 2.38. The van der Waals surface area contributed by atoms with Crippen molar-refractivity contribution in [3.8, 4) is 0 Å². The van der Waals surface area contributed by atoms with Gasteiger partial charge in [0, 0.05) is 11.8 Å². The van der Waals surface area contributed by atoms with E-state index in [1.165, 1.54) is 6.92 Å². The van der Waals surface area contributed by atoms with E-state index in [4.69, 9.17) is 10.8 Å². The van der Waals surface area contributed by atoms with Crippen molar-refractivity contribution in [2.24, 2.45) is 0 Å². The highest BCUT2D eigenvalue weighted by Gasteiger charge is 2.15. The molecule has 0 atom stereocenters. The van der Waals surface area contributed by atoms with Crippen molar-refractivity contribution >= 4 is 23.0 Å². The van der Waals surface area contributed by atoms with Crippen LogP contribution >= 0.6 is 0 Å². The molecule has 0 saturated heterocycles. The summed E-state index contributed by atoms with van der Waals surface area (Å²) >= 11 is 0. The van der Waals surface area contributed by atoms with E-state index in [0.717, 1.165) is 24.3 Å². The minimum absolute atomic E-state index is 0.0991. The van der Waals surface area contributed by atoms with Gasteiger partial charge in [0.2, 0.25) is 0 Å². The molecule has 2 aromatic carbocycles. The number of anilines is 3. The van der Waals surface area contributed by atoms with E-state index in [1.54, 1.807) is 0 Å². The molecule has 2 aromatic rings. The Morgan fingerprint density at radius 3 is 2.24 bits per heavy atom. The molecular formula is C14H11F3N2O2. The molecule has 0 aromatic heterocycles. The van der Waals surface area contributed by atoms with Crippen molar-refractivity contribution in [2.75, 3.05) is 11.1 Å². The van der Waals surface area contributed by atoms with Gasteiger partial charge < -0.3 is 16.2 Å². The summed E-state index contributed by atoms with van der Waals surface area (Å²) in [7, 11) is 0. The van der Waals surface area contributed by atoms with E-state index in [2.05, 4.69) is 5.32 Å². The maximum atomic E-state index is 13.7. The third-order valence-corrected chi connectivity index (χ3v) is 2.89. The fraction of sp³-hybridized carbons (Fsp3) is 0.0714. The van der Waals surface area contributed by atoms with E-state index in [9.17, 15) is 18.0 Å². The van der Waals surface area contributed by atoms with Gasteiger partial charge in [-0.05, 0) is 30.7 Å². The first-order valence-electron chi connectivity index (χ1n) is 5.84. The van der Waals surface area contributed by atoms with Crippen LogP contribution in [0.3, 0.4) is 0 Å². The predicted molar refractivity (Wildman–Crippen MR) is 72.1 cm³/mol. The van der Waals surface area contributed by atoms with Gasteiger partial charge in [-0.25, -0.2) is 18.0 Å². The molecule has 0 radical (unpaired) electrons. The van der Waals surface area contributed by atoms with Gasteiger partial charge in [-0.1, -0.05) is 0 Å². The number of carboxylic acids is 1. The molecular weight excluding hydrogens is 285 g/mol. The quantitative estimate of drug-likeness (QED) is 0.758. The Bertz CT molecular complexity index is 733. The highest BCUT2D eigenvalue weighted by molar-refractivity contribution is 5.95. The number of nitrogens with two attached hydrogens (primary N) is 1. The van der Waals surface area contributed by atoms with Crippen molar-refractivity contribution in [1.29, 1.82) is 0 Å². The van der Waals surface area contributed by atoms with Crippen molar-refractivity contribution in [2.45, 2.75) is 6.92 Å². The summed E-state index contributed by atoms with van der Waals surface area (Å²) in [5.74, 6) is -3.70. The van der Waals surface area contributed by atoms with Crippen LogP contribution in [0.1, 0.15) is 15.9 Å². The number of carboxylic acid groups (broad SMARTS) is 1. The summed E-state index contributed by atoms with van der Waals surface area (Å²) in [6, 6.07) is 3.53. The lowest BCUT2D eigenvalue weighted by Gasteiger charge is -2.12. The average molecular weight is 296 g/mol. The van der Waals surface area contributed by atoms with E-state index in [1.807, 2.05) is 0 Å². The molecule has 0 aliphatic heterocycles. The van der Waals surface area contributed by atoms with Crippen LogP contribution in [0.2, 0.25) is 0 Å². The summed E-state index contributed by atoms with van der Waals surface area (Å²) in [5, 5.41) is 11.2. The zero-order chi connectivity index (χ0) is 15.7. The molecule has 0 amide bonds. The lowest BCUT2D eigenvalue weighted by atomic mass is 10.1. The molecule has 0 bridgehead atoms. The molecule has 110 valence electrons. The van der Waals surface area contributed by atoms with Crippen LogP contribution in [0.15, 0.2) is 24.3 Å². The zero-order valence-corrected chi connectivity index (χ0v) is 10.9. The minimum atomic E-state index is -1.36. The number of rotatable bonds is 3. The third-order valence-electron chi connectivity index (χ3n) is 2.89. The largest absolute Gasteiger partial charge is 0.478 e. The first-order chi connectivity index (χ1) is 9.79. The van der Waals surface area contributed by atoms with Crippen LogP contribution in [-0.2, 0) is 0 Å². The first-order valence-corrected chi connectivity index (χ1v) is 5.84. The van der Waals surface area contributed by atoms with Gasteiger partial charge in [0.25, 0.3) is 0 Å². The monoisotopic (exact) mass is 296 g/mol. The van der Waals surface area contributed by atoms with Crippen LogP contribution in [-0.4, -0.2) is 11.1 Å². The molecule has 7 heteroatoms. The molecule has 0 aliphatic rings. The lowest BCUT2D eigenvalue weighted by molar-refractivity contribution is 0.0698. The number of hydrogen-bond acceptors (Lipinski definition) is 3. The van der Waals surface area contributed by atoms with Crippen molar-refractivity contribution in [3.63, 3.8) is 0 Å².